The smallest absolute Gasteiger partial charge is 0.110 e. The number of hydrogen-bond acceptors (Lipinski definition) is 3. The Bertz CT molecular complexity index is 417. The molecule has 0 aliphatic heterocycles. The molecule has 0 spiro atoms. The SMILES string of the molecule is CCCC[N+](CCC)(CCCC)CCCC.CCCC[N+](CCC)(CCCC)CCCC.O=P([O-])([O-])F. The predicted octanol–water partition coefficient (Wildman–Crippen LogP) is 8.01. The monoisotopic (exact) mass is 554 g/mol. The summed E-state index contributed by atoms with van der Waals surface area (Å²) < 4.78 is 21.4. The van der Waals surface area contributed by atoms with Gasteiger partial charge in [0, 0.05) is 0 Å². The molecule has 37 heavy (non-hydrogen) atoms. The van der Waals surface area contributed by atoms with Crippen LogP contribution in [0, 0.1) is 0 Å². The van der Waals surface area contributed by atoms with Gasteiger partial charge in [-0.2, -0.15) is 0 Å². The lowest BCUT2D eigenvalue weighted by Gasteiger charge is -2.39. The maximum absolute atomic E-state index is 10.1. The summed E-state index contributed by atoms with van der Waals surface area (Å²) in [6, 6.07) is 0. The summed E-state index contributed by atoms with van der Waals surface area (Å²) in [6.45, 7) is 29.9. The van der Waals surface area contributed by atoms with Crippen molar-refractivity contribution in [2.24, 2.45) is 0 Å². The second-order valence-corrected chi connectivity index (χ2v) is 11.9. The Morgan fingerprint density at radius 1 is 0.432 bits per heavy atom. The van der Waals surface area contributed by atoms with Crippen LogP contribution in [0.1, 0.15) is 145 Å². The number of nitrogens with zero attached hydrogens (tertiary/aromatic N) is 2. The highest BCUT2D eigenvalue weighted by molar-refractivity contribution is 7.42. The first-order valence-electron chi connectivity index (χ1n) is 15.9. The molecule has 0 aromatic carbocycles. The van der Waals surface area contributed by atoms with Crippen molar-refractivity contribution in [1.29, 1.82) is 0 Å². The normalized spacial score (nSPS) is 12.0. The van der Waals surface area contributed by atoms with E-state index in [9.17, 15) is 4.20 Å². The lowest BCUT2D eigenvalue weighted by Crippen LogP contribution is -2.50. The molecule has 0 unspecified atom stereocenters. The van der Waals surface area contributed by atoms with Crippen LogP contribution in [-0.2, 0) is 4.57 Å². The minimum absolute atomic E-state index is 1.34. The van der Waals surface area contributed by atoms with Crippen molar-refractivity contribution in [3.05, 3.63) is 0 Å². The number of halogens is 1. The van der Waals surface area contributed by atoms with E-state index in [0.29, 0.717) is 0 Å². The molecule has 0 saturated heterocycles. The zero-order valence-electron chi connectivity index (χ0n) is 26.5. The zero-order valence-corrected chi connectivity index (χ0v) is 27.4. The van der Waals surface area contributed by atoms with Crippen LogP contribution in [0.3, 0.4) is 0 Å². The Labute approximate surface area is 233 Å². The summed E-state index contributed by atoms with van der Waals surface area (Å²) in [7, 11) is -5.64. The van der Waals surface area contributed by atoms with Gasteiger partial charge in [0.15, 0.2) is 0 Å². The Kier molecular flexibility index (Phi) is 30.9. The highest BCUT2D eigenvalue weighted by Crippen LogP contribution is 2.22. The molecule has 0 aliphatic rings. The summed E-state index contributed by atoms with van der Waals surface area (Å²) in [4.78, 5) is 16.9. The number of rotatable bonds is 22. The van der Waals surface area contributed by atoms with Crippen LogP contribution in [0.4, 0.5) is 4.20 Å². The third-order valence-corrected chi connectivity index (χ3v) is 7.31. The molecule has 0 amide bonds. The second kappa shape index (κ2) is 27.6. The van der Waals surface area contributed by atoms with E-state index in [-0.39, 0.29) is 0 Å². The topological polar surface area (TPSA) is 63.2 Å². The fourth-order valence-corrected chi connectivity index (χ4v) is 5.25. The van der Waals surface area contributed by atoms with Gasteiger partial charge in [0.1, 0.15) is 7.91 Å². The van der Waals surface area contributed by atoms with Gasteiger partial charge in [-0.25, -0.2) is 4.20 Å². The average molecular weight is 555 g/mol. The van der Waals surface area contributed by atoms with Crippen molar-refractivity contribution in [1.82, 2.24) is 0 Å². The van der Waals surface area contributed by atoms with Crippen LogP contribution in [0.5, 0.6) is 0 Å². The van der Waals surface area contributed by atoms with Crippen LogP contribution in [0.2, 0.25) is 0 Å². The molecule has 0 radical (unpaired) electrons. The molecule has 0 heterocycles. The Hall–Kier alpha value is -0.0000000000000000555. The van der Waals surface area contributed by atoms with Crippen molar-refractivity contribution in [3.8, 4) is 0 Å². The van der Waals surface area contributed by atoms with Gasteiger partial charge in [-0.1, -0.05) is 93.9 Å². The fraction of sp³-hybridized carbons (Fsp3) is 1.00. The van der Waals surface area contributed by atoms with Crippen molar-refractivity contribution >= 4 is 7.91 Å². The Morgan fingerprint density at radius 3 is 0.703 bits per heavy atom. The van der Waals surface area contributed by atoms with E-state index in [1.165, 1.54) is 151 Å². The molecule has 0 saturated carbocycles. The molecular formula is C30H68FN2O3P. The van der Waals surface area contributed by atoms with Gasteiger partial charge in [-0.05, 0) is 51.4 Å². The summed E-state index contributed by atoms with van der Waals surface area (Å²) in [5, 5.41) is 0. The lowest BCUT2D eigenvalue weighted by molar-refractivity contribution is -0.928. The molecule has 0 aromatic heterocycles. The van der Waals surface area contributed by atoms with Crippen molar-refractivity contribution in [2.75, 3.05) is 52.4 Å². The van der Waals surface area contributed by atoms with E-state index in [1.807, 2.05) is 0 Å². The van der Waals surface area contributed by atoms with E-state index < -0.39 is 7.91 Å². The van der Waals surface area contributed by atoms with Gasteiger partial charge < -0.3 is 23.3 Å². The molecule has 0 fully saturated rings. The summed E-state index contributed by atoms with van der Waals surface area (Å²) in [5.41, 5.74) is 0. The molecule has 0 atom stereocenters. The van der Waals surface area contributed by atoms with Gasteiger partial charge >= 0.3 is 0 Å². The van der Waals surface area contributed by atoms with Gasteiger partial charge in [-0.3, -0.25) is 0 Å². The predicted molar refractivity (Wildman–Crippen MR) is 158 cm³/mol. The fourth-order valence-electron chi connectivity index (χ4n) is 5.25. The van der Waals surface area contributed by atoms with Crippen molar-refractivity contribution in [2.45, 2.75) is 145 Å². The zero-order chi connectivity index (χ0) is 29.1. The molecule has 0 rings (SSSR count). The van der Waals surface area contributed by atoms with Gasteiger partial charge in [0.2, 0.25) is 0 Å². The minimum atomic E-state index is -5.64. The molecule has 0 aliphatic carbocycles. The maximum Gasteiger partial charge on any atom is 0.110 e. The maximum atomic E-state index is 10.1. The number of hydrogen-bond donors (Lipinski definition) is 0. The number of unbranched alkanes of at least 4 members (excludes halogenated alkanes) is 6. The third-order valence-electron chi connectivity index (χ3n) is 7.31. The Balaban J connectivity index is -0.000000528. The first-order chi connectivity index (χ1) is 17.5. The Morgan fingerprint density at radius 2 is 0.595 bits per heavy atom. The molecular weight excluding hydrogens is 486 g/mol. The van der Waals surface area contributed by atoms with Crippen molar-refractivity contribution < 1.29 is 27.5 Å². The second-order valence-electron chi connectivity index (χ2n) is 11.0. The van der Waals surface area contributed by atoms with E-state index in [0.717, 1.165) is 0 Å². The molecule has 228 valence electrons. The summed E-state index contributed by atoms with van der Waals surface area (Å²) >= 11 is 0. The molecule has 0 aromatic rings. The standard InChI is InChI=1S/2C15H34N.FH2O3P/c2*1-5-9-13-16(12-8-4,14-10-6-2)15-11-7-3;1-5(2,3)4/h2*5-15H2,1-4H3;(H2,2,3,4)/q2*+1;/p-2. The van der Waals surface area contributed by atoms with E-state index in [2.05, 4.69) is 55.4 Å². The quantitative estimate of drug-likeness (QED) is 0.101. The number of quaternary nitrogens is 2. The lowest BCUT2D eigenvalue weighted by atomic mass is 10.1. The third kappa shape index (κ3) is 28.8. The highest BCUT2D eigenvalue weighted by atomic mass is 31.2. The molecule has 5 nitrogen and oxygen atoms in total. The van der Waals surface area contributed by atoms with Crippen LogP contribution < -0.4 is 9.79 Å². The average Bonchev–Trinajstić information content (AvgIpc) is 2.85. The molecule has 0 bridgehead atoms. The summed E-state index contributed by atoms with van der Waals surface area (Å²) in [5.74, 6) is 0. The van der Waals surface area contributed by atoms with E-state index >= 15 is 0 Å². The summed E-state index contributed by atoms with van der Waals surface area (Å²) in [6.07, 6.45) is 19.2. The van der Waals surface area contributed by atoms with Crippen LogP contribution in [0.15, 0.2) is 0 Å². The van der Waals surface area contributed by atoms with Gasteiger partial charge in [-0.15, -0.1) is 0 Å². The first kappa shape index (κ1) is 41.5. The van der Waals surface area contributed by atoms with Crippen LogP contribution in [0.25, 0.3) is 0 Å². The minimum Gasteiger partial charge on any atom is -0.786 e. The van der Waals surface area contributed by atoms with Crippen molar-refractivity contribution in [3.63, 3.8) is 0 Å². The van der Waals surface area contributed by atoms with Gasteiger partial charge in [0.25, 0.3) is 0 Å². The molecule has 0 N–H and O–H groups in total. The van der Waals surface area contributed by atoms with Gasteiger partial charge in [0.05, 0.1) is 52.4 Å². The molecule has 7 heteroatoms. The highest BCUT2D eigenvalue weighted by Gasteiger charge is 2.25. The van der Waals surface area contributed by atoms with Crippen LogP contribution >= 0.6 is 7.91 Å². The largest absolute Gasteiger partial charge is 0.786 e. The van der Waals surface area contributed by atoms with Crippen LogP contribution in [-0.4, -0.2) is 61.3 Å². The van der Waals surface area contributed by atoms with E-state index in [1.54, 1.807) is 0 Å². The van der Waals surface area contributed by atoms with E-state index in [4.69, 9.17) is 14.4 Å². The first-order valence-corrected chi connectivity index (χ1v) is 17.3.